The van der Waals surface area contributed by atoms with Crippen LogP contribution in [-0.4, -0.2) is 31.6 Å². The summed E-state index contributed by atoms with van der Waals surface area (Å²) in [6.07, 6.45) is 4.52. The average molecular weight is 418 g/mol. The van der Waals surface area contributed by atoms with Crippen molar-refractivity contribution < 1.29 is 9.32 Å². The van der Waals surface area contributed by atoms with Crippen molar-refractivity contribution in [1.29, 1.82) is 0 Å². The van der Waals surface area contributed by atoms with Gasteiger partial charge in [-0.15, -0.1) is 10.2 Å². The van der Waals surface area contributed by atoms with Crippen LogP contribution in [0.3, 0.4) is 0 Å². The molecule has 0 unspecified atom stereocenters. The SMILES string of the molecule is Cc1cc(NC(=O)CSc2nnc(-c3ccccc3Cl)n2C2CCCC2)no1. The maximum absolute atomic E-state index is 12.3. The smallest absolute Gasteiger partial charge is 0.236 e. The minimum atomic E-state index is -0.168. The Balaban J connectivity index is 1.55. The monoisotopic (exact) mass is 417 g/mol. The molecule has 2 aromatic heterocycles. The van der Waals surface area contributed by atoms with Crippen molar-refractivity contribution in [2.24, 2.45) is 0 Å². The molecule has 1 N–H and O–H groups in total. The summed E-state index contributed by atoms with van der Waals surface area (Å²) in [7, 11) is 0. The van der Waals surface area contributed by atoms with Gasteiger partial charge in [-0.05, 0) is 31.9 Å². The molecule has 0 atom stereocenters. The van der Waals surface area contributed by atoms with E-state index in [-0.39, 0.29) is 11.7 Å². The number of halogens is 1. The third-order valence-corrected chi connectivity index (χ3v) is 5.97. The molecule has 28 heavy (non-hydrogen) atoms. The molecule has 2 heterocycles. The minimum Gasteiger partial charge on any atom is -0.360 e. The summed E-state index contributed by atoms with van der Waals surface area (Å²) in [5.74, 6) is 1.86. The third kappa shape index (κ3) is 4.07. The lowest BCUT2D eigenvalue weighted by Crippen LogP contribution is -2.15. The quantitative estimate of drug-likeness (QED) is 0.583. The molecule has 1 aliphatic rings. The molecular formula is C19H20ClN5O2S. The highest BCUT2D eigenvalue weighted by Gasteiger charge is 2.26. The first-order valence-electron chi connectivity index (χ1n) is 9.17. The van der Waals surface area contributed by atoms with Gasteiger partial charge in [-0.25, -0.2) is 0 Å². The van der Waals surface area contributed by atoms with Gasteiger partial charge in [-0.2, -0.15) is 0 Å². The Morgan fingerprint density at radius 2 is 2.11 bits per heavy atom. The molecule has 146 valence electrons. The number of thioether (sulfide) groups is 1. The lowest BCUT2D eigenvalue weighted by Gasteiger charge is -2.17. The van der Waals surface area contributed by atoms with E-state index in [9.17, 15) is 4.79 Å². The van der Waals surface area contributed by atoms with Gasteiger partial charge < -0.3 is 9.84 Å². The molecule has 3 aromatic rings. The first-order valence-corrected chi connectivity index (χ1v) is 10.5. The molecule has 1 saturated carbocycles. The maximum atomic E-state index is 12.3. The highest BCUT2D eigenvalue weighted by molar-refractivity contribution is 7.99. The summed E-state index contributed by atoms with van der Waals surface area (Å²) in [6.45, 7) is 1.78. The second kappa shape index (κ2) is 8.36. The molecule has 0 bridgehead atoms. The van der Waals surface area contributed by atoms with Crippen molar-refractivity contribution in [2.75, 3.05) is 11.1 Å². The number of benzene rings is 1. The Hall–Kier alpha value is -2.32. The molecule has 0 spiro atoms. The van der Waals surface area contributed by atoms with Crippen LogP contribution in [0, 0.1) is 6.92 Å². The van der Waals surface area contributed by atoms with Gasteiger partial charge in [0.05, 0.1) is 10.8 Å². The topological polar surface area (TPSA) is 85.8 Å². The van der Waals surface area contributed by atoms with Crippen molar-refractivity contribution in [2.45, 2.75) is 43.8 Å². The molecule has 0 saturated heterocycles. The van der Waals surface area contributed by atoms with Crippen LogP contribution in [0.4, 0.5) is 5.82 Å². The Bertz CT molecular complexity index is 980. The van der Waals surface area contributed by atoms with E-state index in [0.29, 0.717) is 22.6 Å². The normalized spacial score (nSPS) is 14.5. The van der Waals surface area contributed by atoms with Crippen molar-refractivity contribution >= 4 is 35.1 Å². The van der Waals surface area contributed by atoms with Crippen molar-refractivity contribution in [3.8, 4) is 11.4 Å². The Labute approximate surface area is 171 Å². The average Bonchev–Trinajstić information content (AvgIpc) is 3.41. The van der Waals surface area contributed by atoms with Crippen LogP contribution in [-0.2, 0) is 4.79 Å². The second-order valence-electron chi connectivity index (χ2n) is 6.75. The van der Waals surface area contributed by atoms with E-state index in [0.717, 1.165) is 29.4 Å². The summed E-state index contributed by atoms with van der Waals surface area (Å²) in [5.41, 5.74) is 0.859. The number of hydrogen-bond acceptors (Lipinski definition) is 6. The summed E-state index contributed by atoms with van der Waals surface area (Å²) in [4.78, 5) is 12.3. The molecule has 1 amide bonds. The van der Waals surface area contributed by atoms with Crippen molar-refractivity contribution in [3.05, 3.63) is 41.1 Å². The van der Waals surface area contributed by atoms with E-state index in [1.54, 1.807) is 13.0 Å². The molecule has 0 aliphatic heterocycles. The molecule has 1 aromatic carbocycles. The summed E-state index contributed by atoms with van der Waals surface area (Å²) < 4.78 is 7.11. The largest absolute Gasteiger partial charge is 0.360 e. The number of aryl methyl sites for hydroxylation is 1. The minimum absolute atomic E-state index is 0.168. The van der Waals surface area contributed by atoms with E-state index in [1.165, 1.54) is 24.6 Å². The highest BCUT2D eigenvalue weighted by atomic mass is 35.5. The van der Waals surface area contributed by atoms with Crippen LogP contribution in [0.2, 0.25) is 5.02 Å². The van der Waals surface area contributed by atoms with Crippen molar-refractivity contribution in [3.63, 3.8) is 0 Å². The number of amides is 1. The van der Waals surface area contributed by atoms with Gasteiger partial charge in [-0.3, -0.25) is 9.36 Å². The number of aromatic nitrogens is 4. The molecule has 9 heteroatoms. The molecule has 1 fully saturated rings. The van der Waals surface area contributed by atoms with Crippen LogP contribution in [0.5, 0.6) is 0 Å². The summed E-state index contributed by atoms with van der Waals surface area (Å²) in [6, 6.07) is 9.64. The first-order chi connectivity index (χ1) is 13.6. The zero-order valence-electron chi connectivity index (χ0n) is 15.4. The lowest BCUT2D eigenvalue weighted by atomic mass is 10.2. The number of hydrogen-bond donors (Lipinski definition) is 1. The number of nitrogens with one attached hydrogen (secondary N) is 1. The van der Waals surface area contributed by atoms with Gasteiger partial charge >= 0.3 is 0 Å². The van der Waals surface area contributed by atoms with Gasteiger partial charge in [0, 0.05) is 17.7 Å². The Morgan fingerprint density at radius 1 is 1.32 bits per heavy atom. The fourth-order valence-electron chi connectivity index (χ4n) is 3.43. The fraction of sp³-hybridized carbons (Fsp3) is 0.368. The summed E-state index contributed by atoms with van der Waals surface area (Å²) >= 11 is 7.76. The zero-order valence-corrected chi connectivity index (χ0v) is 17.0. The van der Waals surface area contributed by atoms with Crippen LogP contribution in [0.25, 0.3) is 11.4 Å². The van der Waals surface area contributed by atoms with Crippen molar-refractivity contribution in [1.82, 2.24) is 19.9 Å². The van der Waals surface area contributed by atoms with Crippen LogP contribution in [0.15, 0.2) is 40.0 Å². The third-order valence-electron chi connectivity index (χ3n) is 4.70. The predicted octanol–water partition coefficient (Wildman–Crippen LogP) is 4.74. The highest BCUT2D eigenvalue weighted by Crippen LogP contribution is 2.38. The first kappa shape index (κ1) is 19.0. The van der Waals surface area contributed by atoms with Gasteiger partial charge in [0.1, 0.15) is 5.76 Å². The molecule has 4 rings (SSSR count). The van der Waals surface area contributed by atoms with Gasteiger partial charge in [0.2, 0.25) is 5.91 Å². The molecule has 1 aliphatic carbocycles. The predicted molar refractivity (Wildman–Crippen MR) is 109 cm³/mol. The number of rotatable bonds is 6. The number of carbonyl (C=O) groups excluding carboxylic acids is 1. The fourth-order valence-corrected chi connectivity index (χ4v) is 4.45. The van der Waals surface area contributed by atoms with E-state index in [1.807, 2.05) is 24.3 Å². The van der Waals surface area contributed by atoms with Gasteiger partial charge in [0.25, 0.3) is 0 Å². The van der Waals surface area contributed by atoms with E-state index >= 15 is 0 Å². The van der Waals surface area contributed by atoms with Gasteiger partial charge in [-0.1, -0.05) is 53.5 Å². The zero-order chi connectivity index (χ0) is 19.5. The lowest BCUT2D eigenvalue weighted by molar-refractivity contribution is -0.113. The molecule has 0 radical (unpaired) electrons. The van der Waals surface area contributed by atoms with Crippen LogP contribution in [0.1, 0.15) is 37.5 Å². The van der Waals surface area contributed by atoms with Crippen LogP contribution >= 0.6 is 23.4 Å². The number of carbonyl (C=O) groups is 1. The number of nitrogens with zero attached hydrogens (tertiary/aromatic N) is 4. The molecular weight excluding hydrogens is 398 g/mol. The standard InChI is InChI=1S/C19H20ClN5O2S/c1-12-10-16(24-27-12)21-17(26)11-28-19-23-22-18(14-8-4-5-9-15(14)20)25(19)13-6-2-3-7-13/h4-5,8-10,13H,2-3,6-7,11H2,1H3,(H,21,24,26). The Morgan fingerprint density at radius 3 is 2.82 bits per heavy atom. The maximum Gasteiger partial charge on any atom is 0.236 e. The van der Waals surface area contributed by atoms with E-state index in [2.05, 4.69) is 25.2 Å². The summed E-state index contributed by atoms with van der Waals surface area (Å²) in [5, 5.41) is 16.7. The Kier molecular flexibility index (Phi) is 5.68. The van der Waals surface area contributed by atoms with Crippen LogP contribution < -0.4 is 5.32 Å². The van der Waals surface area contributed by atoms with E-state index < -0.39 is 0 Å². The molecule has 7 nitrogen and oxygen atoms in total. The number of anilines is 1. The van der Waals surface area contributed by atoms with E-state index in [4.69, 9.17) is 16.1 Å². The second-order valence-corrected chi connectivity index (χ2v) is 8.10. The van der Waals surface area contributed by atoms with Gasteiger partial charge in [0.15, 0.2) is 16.8 Å².